The summed E-state index contributed by atoms with van der Waals surface area (Å²) in [6, 6.07) is 79.5. The number of hydrogen-bond acceptors (Lipinski definition) is 4. The molecule has 0 spiro atoms. The average Bonchev–Trinajstić information content (AvgIpc) is 4.07. The highest BCUT2D eigenvalue weighted by Crippen LogP contribution is 2.51. The van der Waals surface area contributed by atoms with Gasteiger partial charge in [0.15, 0.2) is 0 Å². The molecule has 0 unspecified atom stereocenters. The van der Waals surface area contributed by atoms with Gasteiger partial charge in [0.05, 0.1) is 32.2 Å². The lowest BCUT2D eigenvalue weighted by molar-refractivity contribution is 0.485. The van der Waals surface area contributed by atoms with Gasteiger partial charge in [-0.1, -0.05) is 209 Å². The molecule has 5 heteroatoms. The van der Waals surface area contributed by atoms with Crippen LogP contribution in [-0.4, -0.2) is 16.2 Å². The van der Waals surface area contributed by atoms with Crippen LogP contribution < -0.4 is 14.5 Å². The van der Waals surface area contributed by atoms with E-state index in [4.69, 9.17) is 9.72 Å². The number of benzene rings is 10. The Balaban J connectivity index is 0.971. The smallest absolute Gasteiger partial charge is 0.137 e. The maximum atomic E-state index is 9.62. The molecular formula is C71H56N4O. The molecule has 0 amide bonds. The minimum Gasteiger partial charge on any atom is -0.457 e. The number of rotatable bonds is 10. The number of pyridine rings is 1. The minimum atomic E-state index is -0.226. The maximum Gasteiger partial charge on any atom is 0.137 e. The topological polar surface area (TPSA) is 33.5 Å². The van der Waals surface area contributed by atoms with Gasteiger partial charge in [0.2, 0.25) is 0 Å². The second-order valence-corrected chi connectivity index (χ2v) is 20.6. The normalized spacial score (nSPS) is 12.9. The molecule has 13 rings (SSSR count). The van der Waals surface area contributed by atoms with E-state index in [2.05, 4.69) is 212 Å². The van der Waals surface area contributed by atoms with Crippen molar-refractivity contribution in [3.05, 3.63) is 266 Å². The van der Waals surface area contributed by atoms with Crippen LogP contribution in [0.1, 0.15) is 36.0 Å². The third kappa shape index (κ3) is 8.46. The predicted octanol–water partition coefficient (Wildman–Crippen LogP) is 19.2. The van der Waals surface area contributed by atoms with Crippen molar-refractivity contribution in [3.8, 4) is 73.0 Å². The number of para-hydroxylation sites is 3. The number of aryl methyl sites for hydroxylation is 1. The van der Waals surface area contributed by atoms with Crippen LogP contribution in [0, 0.1) is 6.92 Å². The lowest BCUT2D eigenvalue weighted by Gasteiger charge is -2.27. The van der Waals surface area contributed by atoms with E-state index in [9.17, 15) is 4.11 Å². The van der Waals surface area contributed by atoms with Gasteiger partial charge in [-0.3, -0.25) is 4.57 Å². The Morgan fingerprint density at radius 3 is 1.66 bits per heavy atom. The number of hydrogen-bond donors (Lipinski definition) is 0. The van der Waals surface area contributed by atoms with Gasteiger partial charge in [-0.15, -0.1) is 0 Å². The van der Waals surface area contributed by atoms with Crippen LogP contribution in [0.3, 0.4) is 0 Å². The Bertz CT molecular complexity index is 4270. The van der Waals surface area contributed by atoms with Crippen LogP contribution in [0.25, 0.3) is 83.3 Å². The zero-order valence-electron chi connectivity index (χ0n) is 45.9. The van der Waals surface area contributed by atoms with E-state index in [0.29, 0.717) is 18.1 Å². The highest BCUT2D eigenvalue weighted by atomic mass is 16.5. The SMILES string of the molecule is [2H]c1c(Oc2cc3c(cc2-c2ccccc2)c2cc(-c4ccccc4)ccc2n3-c2cc(C)c(-c3ccccc3)cn2)cc(N2CN(c3c(-c4ccccc4)cccc3-c3ccc(C(C)(C)C)cc3)c3ccccc32)c([2H])c1[2H]. The van der Waals surface area contributed by atoms with Crippen molar-refractivity contribution in [1.82, 2.24) is 9.55 Å². The number of fused-ring (bicyclic) bond motifs is 4. The molecule has 3 heterocycles. The third-order valence-corrected chi connectivity index (χ3v) is 14.8. The van der Waals surface area contributed by atoms with Crippen LogP contribution in [0.2, 0.25) is 0 Å². The fourth-order valence-electron chi connectivity index (χ4n) is 11.0. The van der Waals surface area contributed by atoms with Crippen molar-refractivity contribution in [1.29, 1.82) is 0 Å². The predicted molar refractivity (Wildman–Crippen MR) is 318 cm³/mol. The number of nitrogens with zero attached hydrogens (tertiary/aromatic N) is 4. The molecule has 0 fully saturated rings. The summed E-state index contributed by atoms with van der Waals surface area (Å²) >= 11 is 0. The highest BCUT2D eigenvalue weighted by molar-refractivity contribution is 6.12. The Morgan fingerprint density at radius 2 is 1.03 bits per heavy atom. The molecular weight excluding hydrogens is 925 g/mol. The summed E-state index contributed by atoms with van der Waals surface area (Å²) in [6.45, 7) is 9.17. The van der Waals surface area contributed by atoms with Crippen molar-refractivity contribution in [2.45, 2.75) is 33.1 Å². The molecule has 1 aliphatic heterocycles. The average molecular weight is 984 g/mol. The van der Waals surface area contributed by atoms with Gasteiger partial charge in [-0.25, -0.2) is 4.98 Å². The van der Waals surface area contributed by atoms with Gasteiger partial charge in [-0.05, 0) is 105 Å². The molecule has 12 aromatic rings. The molecule has 366 valence electrons. The first-order valence-electron chi connectivity index (χ1n) is 27.5. The number of ether oxygens (including phenoxy) is 1. The summed E-state index contributed by atoms with van der Waals surface area (Å²) in [6.07, 6.45) is 1.96. The quantitative estimate of drug-likeness (QED) is 0.137. The Kier molecular flexibility index (Phi) is 10.8. The van der Waals surface area contributed by atoms with Crippen LogP contribution in [0.5, 0.6) is 11.5 Å². The van der Waals surface area contributed by atoms with Crippen molar-refractivity contribution in [2.75, 3.05) is 16.5 Å². The van der Waals surface area contributed by atoms with Gasteiger partial charge in [0, 0.05) is 57.0 Å². The third-order valence-electron chi connectivity index (χ3n) is 14.8. The lowest BCUT2D eigenvalue weighted by Crippen LogP contribution is -2.25. The number of aromatic nitrogens is 2. The fraction of sp³-hybridized carbons (Fsp3) is 0.0845. The summed E-state index contributed by atoms with van der Waals surface area (Å²) in [7, 11) is 0. The Morgan fingerprint density at radius 1 is 0.474 bits per heavy atom. The zero-order valence-corrected chi connectivity index (χ0v) is 42.9. The van der Waals surface area contributed by atoms with E-state index < -0.39 is 0 Å². The lowest BCUT2D eigenvalue weighted by atomic mass is 9.86. The second-order valence-electron chi connectivity index (χ2n) is 20.6. The zero-order chi connectivity index (χ0) is 53.9. The molecule has 0 N–H and O–H groups in total. The van der Waals surface area contributed by atoms with Crippen molar-refractivity contribution in [3.63, 3.8) is 0 Å². The van der Waals surface area contributed by atoms with Crippen LogP contribution in [0.4, 0.5) is 22.7 Å². The molecule has 0 saturated heterocycles. The monoisotopic (exact) mass is 983 g/mol. The molecule has 5 nitrogen and oxygen atoms in total. The first-order chi connectivity index (χ1) is 38.5. The van der Waals surface area contributed by atoms with Gasteiger partial charge in [-0.2, -0.15) is 0 Å². The molecule has 0 bridgehead atoms. The molecule has 0 radical (unpaired) electrons. The molecule has 76 heavy (non-hydrogen) atoms. The van der Waals surface area contributed by atoms with Gasteiger partial charge < -0.3 is 14.5 Å². The molecule has 1 aliphatic rings. The van der Waals surface area contributed by atoms with E-state index in [1.807, 2.05) is 60.8 Å². The van der Waals surface area contributed by atoms with Gasteiger partial charge in [0.25, 0.3) is 0 Å². The summed E-state index contributed by atoms with van der Waals surface area (Å²) in [4.78, 5) is 9.58. The van der Waals surface area contributed by atoms with E-state index >= 15 is 0 Å². The minimum absolute atomic E-state index is 0.000877. The summed E-state index contributed by atoms with van der Waals surface area (Å²) in [5.41, 5.74) is 18.0. The van der Waals surface area contributed by atoms with Crippen LogP contribution in [-0.2, 0) is 5.41 Å². The molecule has 0 atom stereocenters. The van der Waals surface area contributed by atoms with Gasteiger partial charge >= 0.3 is 0 Å². The van der Waals surface area contributed by atoms with Gasteiger partial charge in [0.1, 0.15) is 24.0 Å². The Hall–Kier alpha value is -9.45. The van der Waals surface area contributed by atoms with Crippen LogP contribution in [0.15, 0.2) is 255 Å². The Labute approximate surface area is 449 Å². The van der Waals surface area contributed by atoms with E-state index in [0.717, 1.165) is 106 Å². The second kappa shape index (κ2) is 19.1. The molecule has 2 aromatic heterocycles. The first-order valence-corrected chi connectivity index (χ1v) is 26.0. The summed E-state index contributed by atoms with van der Waals surface area (Å²) < 4.78 is 37.9. The number of anilines is 4. The van der Waals surface area contributed by atoms with E-state index in [1.54, 1.807) is 6.07 Å². The van der Waals surface area contributed by atoms with Crippen LogP contribution >= 0.6 is 0 Å². The van der Waals surface area contributed by atoms with Crippen molar-refractivity contribution in [2.24, 2.45) is 0 Å². The molecule has 10 aromatic carbocycles. The summed E-state index contributed by atoms with van der Waals surface area (Å²) in [5.74, 6) is 1.43. The van der Waals surface area contributed by atoms with Crippen molar-refractivity contribution < 1.29 is 8.85 Å². The standard InChI is InChI=1S/C71H56N4O/c1-48-41-69(72-46-63(48)52-27-15-8-16-28-52)75-64-40-37-54(49-21-9-5-10-22-49)42-61(64)62-44-60(51-25-13-7-14-26-51)68(45-67(62)75)76-57-30-19-29-56(43-57)73-47-74(66-34-18-17-33-65(66)73)70-58(50-23-11-6-12-24-50)31-20-32-59(70)53-35-38-55(39-36-53)71(2,3)4/h5-46H,47H2,1-4H3/i19D,29D,30D. The van der Waals surface area contributed by atoms with E-state index in [1.165, 1.54) is 5.56 Å². The molecule has 0 saturated carbocycles. The van der Waals surface area contributed by atoms with E-state index in [-0.39, 0.29) is 29.3 Å². The first kappa shape index (κ1) is 43.0. The maximum absolute atomic E-state index is 9.62. The fourth-order valence-corrected chi connectivity index (χ4v) is 11.0. The highest BCUT2D eigenvalue weighted by Gasteiger charge is 2.32. The largest absolute Gasteiger partial charge is 0.457 e. The van der Waals surface area contributed by atoms with Crippen molar-refractivity contribution >= 4 is 44.6 Å². The molecule has 0 aliphatic carbocycles. The summed E-state index contributed by atoms with van der Waals surface area (Å²) in [5, 5.41) is 2.06.